The highest BCUT2D eigenvalue weighted by molar-refractivity contribution is 6.43. The number of halogens is 17. The maximum Gasteiger partial charge on any atom is 0.200 e. The van der Waals surface area contributed by atoms with E-state index in [4.69, 9.17) is 82.7 Å². The van der Waals surface area contributed by atoms with Crippen molar-refractivity contribution in [1.82, 2.24) is 0 Å². The molecule has 0 unspecified atom stereocenters. The summed E-state index contributed by atoms with van der Waals surface area (Å²) in [6, 6.07) is 56.8. The van der Waals surface area contributed by atoms with Gasteiger partial charge in [-0.05, 0) is 96.3 Å². The van der Waals surface area contributed by atoms with E-state index in [1.165, 1.54) is 140 Å². The van der Waals surface area contributed by atoms with Crippen molar-refractivity contribution in [3.63, 3.8) is 0 Å². The molecule has 0 N–H and O–H groups in total. The number of ketones is 3. The molecule has 514 valence electrons. The van der Waals surface area contributed by atoms with Gasteiger partial charge in [0.1, 0.15) is 5.56 Å². The van der Waals surface area contributed by atoms with Crippen LogP contribution in [-0.4, -0.2) is 17.3 Å². The average Bonchev–Trinajstić information content (AvgIpc) is 0.751. The highest BCUT2D eigenvalue weighted by Gasteiger charge is 2.34. The van der Waals surface area contributed by atoms with Gasteiger partial charge in [-0.3, -0.25) is 14.4 Å². The third-order valence-corrected chi connectivity index (χ3v) is 17.0. The monoisotopic (exact) mass is 1510 g/mol. The van der Waals surface area contributed by atoms with Gasteiger partial charge in [0.2, 0.25) is 5.82 Å². The zero-order valence-corrected chi connectivity index (χ0v) is 57.3. The molecule has 0 saturated carbocycles. The summed E-state index contributed by atoms with van der Waals surface area (Å²) in [5.41, 5.74) is -0.478. The normalized spacial score (nSPS) is 10.4. The van der Waals surface area contributed by atoms with Gasteiger partial charge in [0.15, 0.2) is 86.9 Å². The first-order valence-corrected chi connectivity index (χ1v) is 31.9. The third kappa shape index (κ3) is 18.1. The van der Waals surface area contributed by atoms with Crippen LogP contribution in [0.4, 0.5) is 59.7 Å². The van der Waals surface area contributed by atoms with Gasteiger partial charge in [-0.1, -0.05) is 239 Å². The summed E-state index contributed by atoms with van der Waals surface area (Å²) in [6.07, 6.45) is 0. The summed E-state index contributed by atoms with van der Waals surface area (Å²) < 4.78 is 156. The van der Waals surface area contributed by atoms with Crippen LogP contribution in [0.25, 0.3) is 54.2 Å². The molecule has 103 heavy (non-hydrogen) atoms. The highest BCUT2D eigenvalue weighted by atomic mass is 35.5. The number of benzene rings is 12. The minimum Gasteiger partial charge on any atom is -0.289 e. The van der Waals surface area contributed by atoms with Crippen LogP contribution in [0.1, 0.15) is 64.5 Å². The molecule has 12 rings (SSSR count). The van der Waals surface area contributed by atoms with E-state index in [0.717, 1.165) is 16.8 Å². The molecule has 0 aromatic heterocycles. The molecule has 23 heteroatoms. The molecule has 0 heterocycles. The summed E-state index contributed by atoms with van der Waals surface area (Å²) >= 11 is 35.5. The van der Waals surface area contributed by atoms with Gasteiger partial charge in [0, 0.05) is 50.1 Å². The molecule has 6 nitrogen and oxygen atoms in total. The second-order valence-corrected chi connectivity index (χ2v) is 24.1. The number of hydrogen-bond acceptors (Lipinski definition) is 4. The largest absolute Gasteiger partial charge is 0.289 e. The van der Waals surface area contributed by atoms with E-state index in [0.29, 0.717) is 10.0 Å². The number of hydrogen-bond donors (Lipinski definition) is 0. The minimum atomic E-state index is -2.29. The van der Waals surface area contributed by atoms with E-state index < -0.39 is 120 Å². The molecular weight excluding hydrogens is 1470 g/mol. The zero-order chi connectivity index (χ0) is 75.1. The van der Waals surface area contributed by atoms with E-state index in [1.54, 1.807) is 48.5 Å². The van der Waals surface area contributed by atoms with E-state index >= 15 is 17.6 Å². The maximum atomic E-state index is 15.3. The number of nitrogens with zero attached hydrogens (tertiary/aromatic N) is 3. The van der Waals surface area contributed by atoms with Crippen molar-refractivity contribution in [2.45, 2.75) is 13.8 Å². The molecule has 12 aromatic rings. The predicted molar refractivity (Wildman–Crippen MR) is 380 cm³/mol. The summed E-state index contributed by atoms with van der Waals surface area (Å²) in [5, 5.41) is 10.9. The number of rotatable bonds is 10. The Morgan fingerprint density at radius 3 is 0.971 bits per heavy atom. The highest BCUT2D eigenvalue weighted by Crippen LogP contribution is 2.44. The van der Waals surface area contributed by atoms with E-state index in [2.05, 4.69) is 9.69 Å². The maximum absolute atomic E-state index is 15.3. The molecule has 0 aliphatic carbocycles. The van der Waals surface area contributed by atoms with Crippen molar-refractivity contribution in [2.24, 2.45) is 0 Å². The lowest BCUT2D eigenvalue weighted by Gasteiger charge is -2.18. The van der Waals surface area contributed by atoms with Crippen molar-refractivity contribution >= 4 is 98.3 Å². The van der Waals surface area contributed by atoms with Crippen LogP contribution in [-0.2, 0) is 0 Å². The quantitative estimate of drug-likeness (QED) is 0.0449. The Morgan fingerprint density at radius 1 is 0.311 bits per heavy atom. The summed E-state index contributed by atoms with van der Waals surface area (Å²) in [4.78, 5) is 45.5. The predicted octanol–water partition coefficient (Wildman–Crippen LogP) is 25.8. The van der Waals surface area contributed by atoms with Crippen molar-refractivity contribution in [3.8, 4) is 50.6 Å². The van der Waals surface area contributed by atoms with Gasteiger partial charge >= 0.3 is 0 Å². The number of carbonyl (C=O) groups excluding carboxylic acids is 3. The van der Waals surface area contributed by atoms with E-state index in [-0.39, 0.29) is 70.3 Å². The van der Waals surface area contributed by atoms with Gasteiger partial charge in [-0.15, -0.1) is 0 Å². The second kappa shape index (κ2) is 35.1. The van der Waals surface area contributed by atoms with Crippen LogP contribution in [0.15, 0.2) is 218 Å². The van der Waals surface area contributed by atoms with Gasteiger partial charge < -0.3 is 0 Å². The summed E-state index contributed by atoms with van der Waals surface area (Å²) in [5.74, 6) is -23.2. The molecule has 0 amide bonds. The van der Waals surface area contributed by atoms with Crippen molar-refractivity contribution in [1.29, 1.82) is 5.26 Å². The molecule has 0 aliphatic rings. The number of nitriles is 1. The Balaban J connectivity index is 0.000000178. The Labute approximate surface area is 612 Å². The molecule has 0 atom stereocenters. The van der Waals surface area contributed by atoms with Gasteiger partial charge in [0.05, 0.1) is 54.9 Å². The molecule has 0 saturated heterocycles. The van der Waals surface area contributed by atoms with Crippen molar-refractivity contribution in [2.75, 3.05) is 0 Å². The van der Waals surface area contributed by atoms with Crippen LogP contribution in [0.5, 0.6) is 0 Å². The lowest BCUT2D eigenvalue weighted by Crippen LogP contribution is -2.13. The average molecular weight is 1510 g/mol. The Kier molecular flexibility index (Phi) is 26.5. The van der Waals surface area contributed by atoms with Crippen LogP contribution < -0.4 is 0 Å². The summed E-state index contributed by atoms with van der Waals surface area (Å²) in [6.45, 7) is 17.8. The first-order chi connectivity index (χ1) is 49.1. The lowest BCUT2D eigenvalue weighted by atomic mass is 9.86. The fraction of sp³-hybridized carbons (Fsp3) is 0.0250. The summed E-state index contributed by atoms with van der Waals surface area (Å²) in [7, 11) is 0. The Bertz CT molecular complexity index is 5210. The molecule has 0 bridgehead atoms. The van der Waals surface area contributed by atoms with E-state index in [9.17, 15) is 50.4 Å². The zero-order valence-electron chi connectivity index (χ0n) is 52.8. The van der Waals surface area contributed by atoms with Crippen LogP contribution >= 0.6 is 69.6 Å². The molecule has 0 fully saturated rings. The molecular formula is C80H42Cl6F11N3O3. The van der Waals surface area contributed by atoms with Crippen LogP contribution in [0.3, 0.4) is 0 Å². The van der Waals surface area contributed by atoms with Gasteiger partial charge in [0.25, 0.3) is 0 Å². The molecule has 0 radical (unpaired) electrons. The first-order valence-electron chi connectivity index (χ1n) is 29.6. The SMILES string of the molecule is Cc1ccc(Cl)c(Cl)c1.O=C(c1ccccc1)c1c(-c2ccc(Cl)c(Cl)c2)c(F)c(F)c(F)c1-c1ccc(Cl)c(Cl)c1.O=C(c1ccccc1)c1c(F)c(F)c(F)c(F)c1F.[C-]#[N+]c1cccc(-c2c(F)c(F)c(F)c(-c3cccc(C#N)c3)c2C(=O)c2ccccc2)c1.[C-]#[N+]c1cccc(C)c1. The standard InChI is InChI=1S/C27H13F3N2O.C25H11Cl4F3O.C13H5F5O.C8H7N.C7H6Cl2/c1-32-20-12-6-11-19(14-20)22-23(27(33)17-8-3-2-4-9-17)21(24(28)26(30)25(22)29)18-10-5-7-16(13-18)15-31;26-15-8-6-13(10-17(15)28)19-21(25(33)12-4-2-1-3-5-12)20(23(31)24(32)22(19)30)14-7-9-16(27)18(29)11-14;14-8-7(9(15)11(17)12(18)10(8)16)13(19)6-4-2-1-3-5-6;1-7-4-3-5-8(6-7)9-2;1-5-2-3-6(8)7(9)4-5/h2-14H;1-11H;1-5H;3-6H,1H3;2-4H,1H3. The van der Waals surface area contributed by atoms with Gasteiger partial charge in [-0.25, -0.2) is 58.0 Å². The van der Waals surface area contributed by atoms with Crippen molar-refractivity contribution in [3.05, 3.63) is 385 Å². The van der Waals surface area contributed by atoms with E-state index in [1.807, 2.05) is 50.2 Å². The lowest BCUT2D eigenvalue weighted by molar-refractivity contribution is 0.102. The Morgan fingerprint density at radius 2 is 0.621 bits per heavy atom. The Hall–Kier alpha value is -10.9. The first kappa shape index (κ1) is 77.8. The number of aryl methyl sites for hydroxylation is 2. The smallest absolute Gasteiger partial charge is 0.200 e. The minimum absolute atomic E-state index is 0.0430. The van der Waals surface area contributed by atoms with Crippen molar-refractivity contribution < 1.29 is 62.7 Å². The second-order valence-electron chi connectivity index (χ2n) is 21.6. The number of carbonyl (C=O) groups is 3. The molecule has 0 spiro atoms. The van der Waals surface area contributed by atoms with Crippen LogP contribution in [0, 0.1) is 102 Å². The fourth-order valence-electron chi connectivity index (χ4n) is 9.94. The van der Waals surface area contributed by atoms with Gasteiger partial charge in [-0.2, -0.15) is 5.26 Å². The molecule has 0 aliphatic heterocycles. The third-order valence-electron chi connectivity index (χ3n) is 14.8. The topological polar surface area (TPSA) is 83.7 Å². The fourth-order valence-corrected chi connectivity index (χ4v) is 10.9. The molecule has 12 aromatic carbocycles. The van der Waals surface area contributed by atoms with Crippen LogP contribution in [0.2, 0.25) is 30.1 Å².